The minimum atomic E-state index is -0.103. The number of halogens is 1. The molecule has 1 aromatic heterocycles. The number of nitrogens with one attached hydrogen (secondary N) is 1. The summed E-state index contributed by atoms with van der Waals surface area (Å²) in [6.45, 7) is 2.05. The van der Waals surface area contributed by atoms with Crippen LogP contribution in [0.3, 0.4) is 0 Å². The summed E-state index contributed by atoms with van der Waals surface area (Å²) >= 11 is 6.22. The Morgan fingerprint density at radius 1 is 1.07 bits per heavy atom. The lowest BCUT2D eigenvalue weighted by Gasteiger charge is -2.26. The molecule has 1 N–H and O–H groups in total. The molecule has 1 unspecified atom stereocenters. The molecular formula is C21H27ClN4O. The van der Waals surface area contributed by atoms with Crippen LogP contribution in [0.4, 0.5) is 0 Å². The zero-order valence-corrected chi connectivity index (χ0v) is 16.4. The maximum atomic E-state index is 12.6. The second-order valence-corrected chi connectivity index (χ2v) is 8.10. The highest BCUT2D eigenvalue weighted by Gasteiger charge is 2.29. The van der Waals surface area contributed by atoms with Gasteiger partial charge >= 0.3 is 0 Å². The van der Waals surface area contributed by atoms with E-state index < -0.39 is 0 Å². The van der Waals surface area contributed by atoms with Crippen molar-refractivity contribution in [1.82, 2.24) is 20.0 Å². The fourth-order valence-corrected chi connectivity index (χ4v) is 4.56. The molecule has 2 heterocycles. The Bertz CT molecular complexity index is 782. The van der Waals surface area contributed by atoms with Gasteiger partial charge < -0.3 is 5.32 Å². The Hall–Kier alpha value is -1.85. The predicted octanol–water partition coefficient (Wildman–Crippen LogP) is 4.05. The molecule has 1 saturated carbocycles. The molecule has 2 aliphatic rings. The summed E-state index contributed by atoms with van der Waals surface area (Å²) in [6.07, 6.45) is 10.9. The van der Waals surface area contributed by atoms with Crippen LogP contribution >= 0.6 is 11.6 Å². The number of likely N-dealkylation sites (tertiary alicyclic amines) is 1. The number of hydrogen-bond donors (Lipinski definition) is 1. The zero-order chi connectivity index (χ0) is 18.6. The third-order valence-corrected chi connectivity index (χ3v) is 6.14. The smallest absolute Gasteiger partial charge is 0.272 e. The number of benzene rings is 1. The van der Waals surface area contributed by atoms with Gasteiger partial charge in [-0.05, 0) is 37.5 Å². The van der Waals surface area contributed by atoms with Crippen LogP contribution in [0, 0.1) is 0 Å². The van der Waals surface area contributed by atoms with Gasteiger partial charge in [0.1, 0.15) is 0 Å². The Labute approximate surface area is 165 Å². The average Bonchev–Trinajstić information content (AvgIpc) is 3.26. The lowest BCUT2D eigenvalue weighted by atomic mass is 10.1. The first-order valence-corrected chi connectivity index (χ1v) is 10.4. The molecule has 144 valence electrons. The van der Waals surface area contributed by atoms with Crippen LogP contribution in [0.2, 0.25) is 5.02 Å². The third-order valence-electron chi connectivity index (χ3n) is 5.82. The summed E-state index contributed by atoms with van der Waals surface area (Å²) in [5.74, 6) is -0.103. The van der Waals surface area contributed by atoms with Crippen molar-refractivity contribution in [1.29, 1.82) is 0 Å². The zero-order valence-electron chi connectivity index (χ0n) is 15.6. The van der Waals surface area contributed by atoms with E-state index in [0.717, 1.165) is 25.2 Å². The molecule has 2 aromatic rings. The molecule has 2 fully saturated rings. The van der Waals surface area contributed by atoms with Crippen molar-refractivity contribution in [3.63, 3.8) is 0 Å². The number of rotatable bonds is 4. The fraction of sp³-hybridized carbons (Fsp3) is 0.524. The number of para-hydroxylation sites is 1. The Morgan fingerprint density at radius 3 is 2.63 bits per heavy atom. The van der Waals surface area contributed by atoms with E-state index in [-0.39, 0.29) is 11.9 Å². The van der Waals surface area contributed by atoms with Crippen molar-refractivity contribution in [2.45, 2.75) is 57.0 Å². The number of hydrogen-bond acceptors (Lipinski definition) is 3. The summed E-state index contributed by atoms with van der Waals surface area (Å²) < 4.78 is 1.66. The van der Waals surface area contributed by atoms with Gasteiger partial charge in [0.15, 0.2) is 5.69 Å². The second-order valence-electron chi connectivity index (χ2n) is 7.70. The SMILES string of the molecule is O=C(NC1CCN(C2CCCCCC2)C1)c1ccn(-c2ccccc2Cl)n1. The van der Waals surface area contributed by atoms with E-state index in [9.17, 15) is 4.79 Å². The maximum Gasteiger partial charge on any atom is 0.272 e. The summed E-state index contributed by atoms with van der Waals surface area (Å²) in [7, 11) is 0. The predicted molar refractivity (Wildman–Crippen MR) is 108 cm³/mol. The molecular weight excluding hydrogens is 360 g/mol. The molecule has 1 aliphatic carbocycles. The van der Waals surface area contributed by atoms with Gasteiger partial charge in [0.25, 0.3) is 5.91 Å². The fourth-order valence-electron chi connectivity index (χ4n) is 4.34. The number of nitrogens with zero attached hydrogens (tertiary/aromatic N) is 3. The first-order valence-electron chi connectivity index (χ1n) is 10.1. The molecule has 0 radical (unpaired) electrons. The monoisotopic (exact) mass is 386 g/mol. The minimum absolute atomic E-state index is 0.103. The number of carbonyl (C=O) groups excluding carboxylic acids is 1. The summed E-state index contributed by atoms with van der Waals surface area (Å²) in [5.41, 5.74) is 1.21. The van der Waals surface area contributed by atoms with Crippen LogP contribution < -0.4 is 5.32 Å². The van der Waals surface area contributed by atoms with E-state index in [0.29, 0.717) is 16.8 Å². The first kappa shape index (κ1) is 18.5. The van der Waals surface area contributed by atoms with Crippen LogP contribution in [0.5, 0.6) is 0 Å². The van der Waals surface area contributed by atoms with E-state index in [1.54, 1.807) is 16.9 Å². The second kappa shape index (κ2) is 8.44. The molecule has 1 saturated heterocycles. The molecule has 0 bridgehead atoms. The standard InChI is InChI=1S/C21H27ClN4O/c22-18-9-5-6-10-20(18)26-14-12-19(24-26)21(27)23-16-11-13-25(15-16)17-7-3-1-2-4-8-17/h5-6,9-10,12,14,16-17H,1-4,7-8,11,13,15H2,(H,23,27). The van der Waals surface area contributed by atoms with Crippen molar-refractivity contribution in [3.05, 3.63) is 47.2 Å². The molecule has 1 atom stereocenters. The van der Waals surface area contributed by atoms with Crippen molar-refractivity contribution < 1.29 is 4.79 Å². The maximum absolute atomic E-state index is 12.6. The van der Waals surface area contributed by atoms with Gasteiger partial charge in [-0.25, -0.2) is 4.68 Å². The van der Waals surface area contributed by atoms with Crippen LogP contribution in [0.1, 0.15) is 55.4 Å². The van der Waals surface area contributed by atoms with Crippen LogP contribution in [0.15, 0.2) is 36.5 Å². The van der Waals surface area contributed by atoms with Gasteiger partial charge in [0.2, 0.25) is 0 Å². The Balaban J connectivity index is 1.35. The first-order chi connectivity index (χ1) is 13.2. The Morgan fingerprint density at radius 2 is 1.85 bits per heavy atom. The molecule has 1 amide bonds. The molecule has 6 heteroatoms. The summed E-state index contributed by atoms with van der Waals surface area (Å²) in [6, 6.07) is 10.2. The molecule has 5 nitrogen and oxygen atoms in total. The van der Waals surface area contributed by atoms with Gasteiger partial charge in [-0.3, -0.25) is 9.69 Å². The van der Waals surface area contributed by atoms with Gasteiger partial charge in [0.05, 0.1) is 10.7 Å². The highest BCUT2D eigenvalue weighted by atomic mass is 35.5. The number of carbonyl (C=O) groups is 1. The largest absolute Gasteiger partial charge is 0.347 e. The highest BCUT2D eigenvalue weighted by Crippen LogP contribution is 2.25. The van der Waals surface area contributed by atoms with Gasteiger partial charge in [-0.15, -0.1) is 0 Å². The normalized spacial score (nSPS) is 21.9. The Kier molecular flexibility index (Phi) is 5.79. The summed E-state index contributed by atoms with van der Waals surface area (Å²) in [4.78, 5) is 15.2. The van der Waals surface area contributed by atoms with Gasteiger partial charge in [0, 0.05) is 31.4 Å². The number of amides is 1. The summed E-state index contributed by atoms with van der Waals surface area (Å²) in [5, 5.41) is 8.19. The van der Waals surface area contributed by atoms with Crippen molar-refractivity contribution >= 4 is 17.5 Å². The molecule has 27 heavy (non-hydrogen) atoms. The topological polar surface area (TPSA) is 50.2 Å². The molecule has 0 spiro atoms. The quantitative estimate of drug-likeness (QED) is 0.806. The van der Waals surface area contributed by atoms with Gasteiger partial charge in [-0.1, -0.05) is 49.4 Å². The van der Waals surface area contributed by atoms with E-state index >= 15 is 0 Å². The minimum Gasteiger partial charge on any atom is -0.347 e. The highest BCUT2D eigenvalue weighted by molar-refractivity contribution is 6.32. The van der Waals surface area contributed by atoms with Crippen LogP contribution in [0.25, 0.3) is 5.69 Å². The van der Waals surface area contributed by atoms with E-state index in [1.165, 1.54) is 38.5 Å². The van der Waals surface area contributed by atoms with Crippen LogP contribution in [-0.4, -0.2) is 45.8 Å². The average molecular weight is 387 g/mol. The number of aromatic nitrogens is 2. The lowest BCUT2D eigenvalue weighted by molar-refractivity contribution is 0.0930. The van der Waals surface area contributed by atoms with E-state index in [2.05, 4.69) is 15.3 Å². The van der Waals surface area contributed by atoms with E-state index in [4.69, 9.17) is 11.6 Å². The van der Waals surface area contributed by atoms with Crippen molar-refractivity contribution in [2.75, 3.05) is 13.1 Å². The van der Waals surface area contributed by atoms with Crippen molar-refractivity contribution in [2.24, 2.45) is 0 Å². The lowest BCUT2D eigenvalue weighted by Crippen LogP contribution is -2.40. The third kappa shape index (κ3) is 4.36. The van der Waals surface area contributed by atoms with Crippen molar-refractivity contribution in [3.8, 4) is 5.69 Å². The van der Waals surface area contributed by atoms with Gasteiger partial charge in [-0.2, -0.15) is 5.10 Å². The molecule has 1 aliphatic heterocycles. The van der Waals surface area contributed by atoms with E-state index in [1.807, 2.05) is 24.3 Å². The molecule has 1 aromatic carbocycles. The molecule has 4 rings (SSSR count). The van der Waals surface area contributed by atoms with Crippen LogP contribution in [-0.2, 0) is 0 Å².